The smallest absolute Gasteiger partial charge is 0.257 e. The number of piperazine rings is 1. The number of hydrogen-bond acceptors (Lipinski definition) is 5. The molecule has 5 N–H and O–H groups in total. The number of hydrogen-bond donors (Lipinski definition) is 4. The second-order valence-corrected chi connectivity index (χ2v) is 7.12. The van der Waals surface area contributed by atoms with Crippen LogP contribution >= 0.6 is 0 Å². The lowest BCUT2D eigenvalue weighted by atomic mass is 10.1. The summed E-state index contributed by atoms with van der Waals surface area (Å²) in [7, 11) is 0. The fourth-order valence-corrected chi connectivity index (χ4v) is 3.70. The van der Waals surface area contributed by atoms with Gasteiger partial charge in [0.15, 0.2) is 0 Å². The minimum atomic E-state index is -0.156. The summed E-state index contributed by atoms with van der Waals surface area (Å²) in [6, 6.07) is 10.1. The first-order valence-corrected chi connectivity index (χ1v) is 9.28. The predicted octanol–water partition coefficient (Wildman–Crippen LogP) is 1.22. The number of aliphatic hydroxyl groups is 1. The largest absolute Gasteiger partial charge is 0.398 e. The van der Waals surface area contributed by atoms with Crippen molar-refractivity contribution in [1.29, 1.82) is 0 Å². The van der Waals surface area contributed by atoms with Crippen molar-refractivity contribution in [1.82, 2.24) is 19.8 Å². The molecular formula is C20H25N5O2. The summed E-state index contributed by atoms with van der Waals surface area (Å²) in [5, 5.41) is 10.1. The Bertz CT molecular complexity index is 985. The van der Waals surface area contributed by atoms with Gasteiger partial charge in [-0.2, -0.15) is 0 Å². The maximum absolute atomic E-state index is 12.1. The average Bonchev–Trinajstić information content (AvgIpc) is 3.08. The average molecular weight is 367 g/mol. The van der Waals surface area contributed by atoms with E-state index in [1.54, 1.807) is 6.07 Å². The fraction of sp³-hybridized carbons (Fsp3) is 0.350. The number of fused-ring (bicyclic) bond motifs is 1. The molecule has 1 saturated heterocycles. The summed E-state index contributed by atoms with van der Waals surface area (Å²) in [5.74, 6) is 0. The van der Waals surface area contributed by atoms with Crippen LogP contribution in [0.3, 0.4) is 0 Å². The van der Waals surface area contributed by atoms with Gasteiger partial charge < -0.3 is 20.8 Å². The van der Waals surface area contributed by atoms with E-state index < -0.39 is 0 Å². The van der Waals surface area contributed by atoms with Crippen molar-refractivity contribution in [2.45, 2.75) is 6.54 Å². The van der Waals surface area contributed by atoms with E-state index >= 15 is 0 Å². The molecule has 0 spiro atoms. The van der Waals surface area contributed by atoms with Crippen LogP contribution in [0, 0.1) is 0 Å². The number of aliphatic hydroxyl groups excluding tert-OH is 1. The van der Waals surface area contributed by atoms with Crippen LogP contribution in [0.1, 0.15) is 5.56 Å². The first-order valence-electron chi connectivity index (χ1n) is 9.28. The van der Waals surface area contributed by atoms with E-state index in [4.69, 9.17) is 10.8 Å². The quantitative estimate of drug-likeness (QED) is 0.543. The van der Waals surface area contributed by atoms with Crippen molar-refractivity contribution < 1.29 is 5.11 Å². The van der Waals surface area contributed by atoms with Crippen LogP contribution in [-0.2, 0) is 6.54 Å². The molecule has 1 aromatic carbocycles. The molecule has 0 unspecified atom stereocenters. The zero-order chi connectivity index (χ0) is 18.8. The Kier molecular flexibility index (Phi) is 4.98. The summed E-state index contributed by atoms with van der Waals surface area (Å²) in [4.78, 5) is 22.8. The third-order valence-corrected chi connectivity index (χ3v) is 5.19. The lowest BCUT2D eigenvalue weighted by molar-refractivity contribution is 0.108. The summed E-state index contributed by atoms with van der Waals surface area (Å²) in [5.41, 5.74) is 9.76. The van der Waals surface area contributed by atoms with Gasteiger partial charge in [-0.05, 0) is 29.8 Å². The number of rotatable bonds is 5. The van der Waals surface area contributed by atoms with Crippen molar-refractivity contribution in [3.05, 3.63) is 52.4 Å². The minimum Gasteiger partial charge on any atom is -0.398 e. The Balaban J connectivity index is 1.51. The second-order valence-electron chi connectivity index (χ2n) is 7.12. The number of H-pyrrole nitrogens is 2. The van der Waals surface area contributed by atoms with Crippen molar-refractivity contribution in [2.75, 3.05) is 45.1 Å². The van der Waals surface area contributed by atoms with E-state index in [-0.39, 0.29) is 12.2 Å². The van der Waals surface area contributed by atoms with Crippen LogP contribution in [0.2, 0.25) is 0 Å². The highest BCUT2D eigenvalue weighted by atomic mass is 16.3. The Morgan fingerprint density at radius 1 is 1.07 bits per heavy atom. The molecule has 0 saturated carbocycles. The molecule has 27 heavy (non-hydrogen) atoms. The zero-order valence-corrected chi connectivity index (χ0v) is 15.2. The van der Waals surface area contributed by atoms with Gasteiger partial charge in [0.2, 0.25) is 0 Å². The Morgan fingerprint density at radius 3 is 2.63 bits per heavy atom. The SMILES string of the molecule is Nc1c[nH]c(=O)c(-c2cc3cc(CN4CCN(CCO)CC4)ccc3[nH]2)c1. The summed E-state index contributed by atoms with van der Waals surface area (Å²) >= 11 is 0. The molecule has 2 aromatic heterocycles. The molecule has 0 atom stereocenters. The number of nitrogens with two attached hydrogens (primary N) is 1. The number of aromatic amines is 2. The van der Waals surface area contributed by atoms with E-state index in [0.717, 1.165) is 55.9 Å². The third-order valence-electron chi connectivity index (χ3n) is 5.19. The minimum absolute atomic E-state index is 0.156. The lowest BCUT2D eigenvalue weighted by Crippen LogP contribution is -2.46. The number of nitrogen functional groups attached to an aromatic ring is 1. The van der Waals surface area contributed by atoms with Gasteiger partial charge in [0, 0.05) is 62.1 Å². The van der Waals surface area contributed by atoms with Gasteiger partial charge >= 0.3 is 0 Å². The number of pyridine rings is 1. The number of β-amino-alcohol motifs (C(OH)–C–C–N with tert-alkyl or cyclic N) is 1. The van der Waals surface area contributed by atoms with Crippen LogP contribution in [0.4, 0.5) is 5.69 Å². The molecule has 1 aliphatic rings. The summed E-state index contributed by atoms with van der Waals surface area (Å²) in [6.45, 7) is 5.90. The lowest BCUT2D eigenvalue weighted by Gasteiger charge is -2.34. The molecule has 142 valence electrons. The van der Waals surface area contributed by atoms with Crippen molar-refractivity contribution in [3.8, 4) is 11.3 Å². The monoisotopic (exact) mass is 367 g/mol. The molecule has 1 fully saturated rings. The molecule has 0 amide bonds. The molecule has 7 heteroatoms. The van der Waals surface area contributed by atoms with Gasteiger partial charge in [-0.15, -0.1) is 0 Å². The van der Waals surface area contributed by atoms with Crippen molar-refractivity contribution in [3.63, 3.8) is 0 Å². The molecule has 7 nitrogen and oxygen atoms in total. The topological polar surface area (TPSA) is 101 Å². The van der Waals surface area contributed by atoms with Gasteiger partial charge in [-0.3, -0.25) is 14.6 Å². The fourth-order valence-electron chi connectivity index (χ4n) is 3.70. The molecular weight excluding hydrogens is 342 g/mol. The molecule has 3 aromatic rings. The van der Waals surface area contributed by atoms with E-state index in [2.05, 4.69) is 38.0 Å². The van der Waals surface area contributed by atoms with Crippen LogP contribution in [0.15, 0.2) is 41.3 Å². The molecule has 0 aliphatic carbocycles. The van der Waals surface area contributed by atoms with Gasteiger partial charge in [-0.1, -0.05) is 6.07 Å². The maximum Gasteiger partial charge on any atom is 0.257 e. The number of nitrogens with zero attached hydrogens (tertiary/aromatic N) is 2. The molecule has 4 rings (SSSR count). The molecule has 0 bridgehead atoms. The van der Waals surface area contributed by atoms with E-state index in [1.165, 1.54) is 11.8 Å². The van der Waals surface area contributed by atoms with Gasteiger partial charge in [-0.25, -0.2) is 0 Å². The molecule has 3 heterocycles. The predicted molar refractivity (Wildman–Crippen MR) is 108 cm³/mol. The van der Waals surface area contributed by atoms with Gasteiger partial charge in [0.05, 0.1) is 17.9 Å². The highest BCUT2D eigenvalue weighted by Gasteiger charge is 2.16. The first kappa shape index (κ1) is 17.8. The zero-order valence-electron chi connectivity index (χ0n) is 15.2. The number of anilines is 1. The number of benzene rings is 1. The molecule has 0 radical (unpaired) electrons. The number of aromatic nitrogens is 2. The first-order chi connectivity index (χ1) is 13.1. The third kappa shape index (κ3) is 3.90. The Labute approximate surface area is 157 Å². The van der Waals surface area contributed by atoms with Crippen LogP contribution in [0.25, 0.3) is 22.2 Å². The van der Waals surface area contributed by atoms with Crippen LogP contribution < -0.4 is 11.3 Å². The van der Waals surface area contributed by atoms with E-state index in [9.17, 15) is 4.79 Å². The number of nitrogens with one attached hydrogen (secondary N) is 2. The Hall–Kier alpha value is -2.61. The maximum atomic E-state index is 12.1. The summed E-state index contributed by atoms with van der Waals surface area (Å²) in [6.07, 6.45) is 1.51. The second kappa shape index (κ2) is 7.56. The van der Waals surface area contributed by atoms with E-state index in [0.29, 0.717) is 11.3 Å². The standard InChI is InChI=1S/C20H25N5O2/c21-16-11-17(20(27)22-12-16)19-10-15-9-14(1-2-18(15)23-19)13-25-5-3-24(4-6-25)7-8-26/h1-2,9-12,23,26H,3-8,13,21H2,(H,22,27). The van der Waals surface area contributed by atoms with Crippen LogP contribution in [0.5, 0.6) is 0 Å². The normalized spacial score (nSPS) is 16.2. The summed E-state index contributed by atoms with van der Waals surface area (Å²) < 4.78 is 0. The molecule has 1 aliphatic heterocycles. The van der Waals surface area contributed by atoms with Gasteiger partial charge in [0.25, 0.3) is 5.56 Å². The van der Waals surface area contributed by atoms with Crippen LogP contribution in [-0.4, -0.2) is 64.2 Å². The Morgan fingerprint density at radius 2 is 1.85 bits per heavy atom. The highest BCUT2D eigenvalue weighted by Crippen LogP contribution is 2.24. The van der Waals surface area contributed by atoms with Crippen molar-refractivity contribution >= 4 is 16.6 Å². The highest BCUT2D eigenvalue weighted by molar-refractivity contribution is 5.86. The van der Waals surface area contributed by atoms with Gasteiger partial charge in [0.1, 0.15) is 0 Å². The van der Waals surface area contributed by atoms with Crippen molar-refractivity contribution in [2.24, 2.45) is 0 Å². The van der Waals surface area contributed by atoms with E-state index in [1.807, 2.05) is 6.07 Å².